The van der Waals surface area contributed by atoms with E-state index in [1.807, 2.05) is 0 Å². The SMILES string of the molecule is O=C1N[C@H]2OC(C(O)CO)[C@H](O)[C@H]2O1. The Kier molecular flexibility index (Phi) is 2.31. The summed E-state index contributed by atoms with van der Waals surface area (Å²) >= 11 is 0. The third-order valence-corrected chi connectivity index (χ3v) is 2.34. The summed E-state index contributed by atoms with van der Waals surface area (Å²) in [6.45, 7) is -0.519. The molecule has 2 heterocycles. The first-order chi connectivity index (χ1) is 6.63. The standard InChI is InChI=1S/C7H11NO6/c9-1-2(10)4-3(11)5-6(13-4)8-7(12)14-5/h2-6,9-11H,1H2,(H,8,12)/t2?,3-,4?,5+,6-/m0/s1. The lowest BCUT2D eigenvalue weighted by atomic mass is 10.1. The molecule has 0 spiro atoms. The topological polar surface area (TPSA) is 108 Å². The smallest absolute Gasteiger partial charge is 0.409 e. The summed E-state index contributed by atoms with van der Waals surface area (Å²) in [5, 5.41) is 29.8. The Balaban J connectivity index is 2.05. The number of carbonyl (C=O) groups is 1. The molecular weight excluding hydrogens is 194 g/mol. The van der Waals surface area contributed by atoms with E-state index in [0.29, 0.717) is 0 Å². The minimum atomic E-state index is -1.18. The molecule has 4 N–H and O–H groups in total. The molecule has 0 aliphatic carbocycles. The number of aliphatic hydroxyl groups excluding tert-OH is 3. The maximum absolute atomic E-state index is 10.7. The van der Waals surface area contributed by atoms with Crippen LogP contribution in [0.15, 0.2) is 0 Å². The molecule has 5 atom stereocenters. The molecule has 2 fully saturated rings. The van der Waals surface area contributed by atoms with E-state index in [2.05, 4.69) is 5.32 Å². The van der Waals surface area contributed by atoms with Crippen molar-refractivity contribution in [2.75, 3.05) is 6.61 Å². The fourth-order valence-corrected chi connectivity index (χ4v) is 1.64. The van der Waals surface area contributed by atoms with Gasteiger partial charge in [0.2, 0.25) is 0 Å². The minimum Gasteiger partial charge on any atom is -0.438 e. The normalized spacial score (nSPS) is 42.9. The van der Waals surface area contributed by atoms with Gasteiger partial charge in [0.1, 0.15) is 18.3 Å². The van der Waals surface area contributed by atoms with Crippen LogP contribution >= 0.6 is 0 Å². The molecule has 1 amide bonds. The zero-order valence-electron chi connectivity index (χ0n) is 7.16. The number of nitrogens with one attached hydrogen (secondary N) is 1. The van der Waals surface area contributed by atoms with Crippen molar-refractivity contribution >= 4 is 6.09 Å². The van der Waals surface area contributed by atoms with E-state index in [0.717, 1.165) is 0 Å². The lowest BCUT2D eigenvalue weighted by molar-refractivity contribution is -0.0862. The summed E-state index contributed by atoms with van der Waals surface area (Å²) in [6.07, 6.45) is -5.46. The van der Waals surface area contributed by atoms with Gasteiger partial charge in [-0.15, -0.1) is 0 Å². The highest BCUT2D eigenvalue weighted by Crippen LogP contribution is 2.28. The van der Waals surface area contributed by atoms with Gasteiger partial charge in [-0.1, -0.05) is 0 Å². The second kappa shape index (κ2) is 3.35. The average Bonchev–Trinajstić information content (AvgIpc) is 2.64. The van der Waals surface area contributed by atoms with Crippen LogP contribution in [0.3, 0.4) is 0 Å². The molecule has 0 saturated carbocycles. The van der Waals surface area contributed by atoms with Crippen LogP contribution in [0.4, 0.5) is 4.79 Å². The molecule has 2 rings (SSSR count). The van der Waals surface area contributed by atoms with Crippen molar-refractivity contribution in [2.45, 2.75) is 30.6 Å². The summed E-state index contributed by atoms with van der Waals surface area (Å²) in [4.78, 5) is 10.7. The highest BCUT2D eigenvalue weighted by atomic mass is 16.6. The second-order valence-corrected chi connectivity index (χ2v) is 3.28. The van der Waals surface area contributed by atoms with Crippen LogP contribution in [0.2, 0.25) is 0 Å². The largest absolute Gasteiger partial charge is 0.438 e. The van der Waals surface area contributed by atoms with Crippen LogP contribution in [-0.4, -0.2) is 58.7 Å². The van der Waals surface area contributed by atoms with Gasteiger partial charge in [-0.25, -0.2) is 4.79 Å². The number of rotatable bonds is 2. The van der Waals surface area contributed by atoms with E-state index in [9.17, 15) is 15.0 Å². The predicted octanol–water partition coefficient (Wildman–Crippen LogP) is -2.47. The Morgan fingerprint density at radius 1 is 1.57 bits per heavy atom. The molecule has 0 aromatic carbocycles. The highest BCUT2D eigenvalue weighted by Gasteiger charge is 2.52. The Morgan fingerprint density at radius 3 is 2.86 bits per heavy atom. The van der Waals surface area contributed by atoms with Crippen LogP contribution in [0.1, 0.15) is 0 Å². The quantitative estimate of drug-likeness (QED) is 0.398. The number of amides is 1. The van der Waals surface area contributed by atoms with Crippen molar-refractivity contribution in [3.8, 4) is 0 Å². The van der Waals surface area contributed by atoms with Crippen molar-refractivity contribution in [1.29, 1.82) is 0 Å². The third-order valence-electron chi connectivity index (χ3n) is 2.34. The van der Waals surface area contributed by atoms with E-state index in [1.54, 1.807) is 0 Å². The van der Waals surface area contributed by atoms with Gasteiger partial charge in [0.05, 0.1) is 6.61 Å². The molecule has 0 bridgehead atoms. The molecule has 14 heavy (non-hydrogen) atoms. The molecule has 0 radical (unpaired) electrons. The molecule has 7 nitrogen and oxygen atoms in total. The van der Waals surface area contributed by atoms with Gasteiger partial charge in [0.15, 0.2) is 12.3 Å². The molecule has 0 aromatic heterocycles. The van der Waals surface area contributed by atoms with Gasteiger partial charge in [-0.2, -0.15) is 0 Å². The Bertz CT molecular complexity index is 246. The Hall–Kier alpha value is -0.890. The molecular formula is C7H11NO6. The van der Waals surface area contributed by atoms with Crippen molar-refractivity contribution in [1.82, 2.24) is 5.32 Å². The summed E-state index contributed by atoms with van der Waals surface area (Å²) in [6, 6.07) is 0. The van der Waals surface area contributed by atoms with Gasteiger partial charge in [-0.3, -0.25) is 5.32 Å². The van der Waals surface area contributed by atoms with Gasteiger partial charge < -0.3 is 24.8 Å². The molecule has 2 aliphatic rings. The number of carbonyl (C=O) groups excluding carboxylic acids is 1. The van der Waals surface area contributed by atoms with E-state index in [4.69, 9.17) is 14.6 Å². The maximum Gasteiger partial charge on any atom is 0.409 e. The number of alkyl carbamates (subject to hydrolysis) is 1. The van der Waals surface area contributed by atoms with E-state index < -0.39 is 43.3 Å². The van der Waals surface area contributed by atoms with Crippen LogP contribution in [0.5, 0.6) is 0 Å². The molecule has 7 heteroatoms. The van der Waals surface area contributed by atoms with Crippen molar-refractivity contribution in [3.63, 3.8) is 0 Å². The fraction of sp³-hybridized carbons (Fsp3) is 0.857. The van der Waals surface area contributed by atoms with Gasteiger partial charge in [0.25, 0.3) is 0 Å². The lowest BCUT2D eigenvalue weighted by Crippen LogP contribution is -2.41. The number of hydrogen-bond acceptors (Lipinski definition) is 6. The van der Waals surface area contributed by atoms with Crippen LogP contribution in [0.25, 0.3) is 0 Å². The summed E-state index contributed by atoms with van der Waals surface area (Å²) < 4.78 is 9.81. The zero-order chi connectivity index (χ0) is 10.3. The first kappa shape index (κ1) is 9.66. The van der Waals surface area contributed by atoms with Crippen molar-refractivity contribution < 1.29 is 29.6 Å². The van der Waals surface area contributed by atoms with Gasteiger partial charge >= 0.3 is 6.09 Å². The summed E-state index contributed by atoms with van der Waals surface area (Å²) in [5.74, 6) is 0. The molecule has 2 aliphatic heterocycles. The predicted molar refractivity (Wildman–Crippen MR) is 41.2 cm³/mol. The number of hydrogen-bond donors (Lipinski definition) is 4. The second-order valence-electron chi connectivity index (χ2n) is 3.28. The monoisotopic (exact) mass is 205 g/mol. The Labute approximate surface area is 79.2 Å². The van der Waals surface area contributed by atoms with Crippen molar-refractivity contribution in [2.24, 2.45) is 0 Å². The minimum absolute atomic E-state index is 0.519. The number of ether oxygens (including phenoxy) is 2. The maximum atomic E-state index is 10.7. The van der Waals surface area contributed by atoms with Crippen LogP contribution in [0, 0.1) is 0 Å². The van der Waals surface area contributed by atoms with E-state index in [-0.39, 0.29) is 0 Å². The fourth-order valence-electron chi connectivity index (χ4n) is 1.64. The number of aliphatic hydroxyl groups is 3. The molecule has 2 unspecified atom stereocenters. The van der Waals surface area contributed by atoms with Crippen LogP contribution in [-0.2, 0) is 9.47 Å². The first-order valence-corrected chi connectivity index (χ1v) is 4.23. The zero-order valence-corrected chi connectivity index (χ0v) is 7.16. The average molecular weight is 205 g/mol. The summed E-state index contributed by atoms with van der Waals surface area (Å²) in [5.41, 5.74) is 0. The lowest BCUT2D eigenvalue weighted by Gasteiger charge is -2.19. The number of fused-ring (bicyclic) bond motifs is 1. The van der Waals surface area contributed by atoms with E-state index >= 15 is 0 Å². The summed E-state index contributed by atoms with van der Waals surface area (Å²) in [7, 11) is 0. The van der Waals surface area contributed by atoms with E-state index in [1.165, 1.54) is 0 Å². The van der Waals surface area contributed by atoms with Crippen LogP contribution < -0.4 is 5.32 Å². The van der Waals surface area contributed by atoms with Gasteiger partial charge in [-0.05, 0) is 0 Å². The Morgan fingerprint density at radius 2 is 2.29 bits per heavy atom. The molecule has 2 saturated heterocycles. The van der Waals surface area contributed by atoms with Crippen molar-refractivity contribution in [3.05, 3.63) is 0 Å². The third kappa shape index (κ3) is 1.34. The highest BCUT2D eigenvalue weighted by molar-refractivity contribution is 5.70. The molecule has 0 aromatic rings. The van der Waals surface area contributed by atoms with Gasteiger partial charge in [0, 0.05) is 0 Å². The first-order valence-electron chi connectivity index (χ1n) is 4.23. The molecule has 80 valence electrons.